The molecule has 0 heterocycles. The van der Waals surface area contributed by atoms with E-state index in [0.717, 1.165) is 5.56 Å². The molecular weight excluding hydrogens is 367 g/mol. The number of amides is 2. The number of halogens is 2. The van der Waals surface area contributed by atoms with E-state index < -0.39 is 5.92 Å². The van der Waals surface area contributed by atoms with Crippen molar-refractivity contribution in [3.8, 4) is 0 Å². The molecule has 2 aromatic rings. The molecule has 0 saturated heterocycles. The predicted molar refractivity (Wildman–Crippen MR) is 106 cm³/mol. The molecule has 0 bridgehead atoms. The van der Waals surface area contributed by atoms with E-state index in [1.807, 2.05) is 6.92 Å². The monoisotopic (exact) mass is 388 g/mol. The van der Waals surface area contributed by atoms with Crippen LogP contribution in [0.5, 0.6) is 0 Å². The number of hydrogen-bond acceptors (Lipinski definition) is 2. The lowest BCUT2D eigenvalue weighted by Gasteiger charge is -2.15. The van der Waals surface area contributed by atoms with Crippen LogP contribution in [-0.4, -0.2) is 18.4 Å². The molecule has 1 atom stereocenters. The van der Waals surface area contributed by atoms with Crippen molar-refractivity contribution < 1.29 is 14.0 Å². The smallest absolute Gasteiger partial charge is 0.251 e. The van der Waals surface area contributed by atoms with Crippen LogP contribution in [0, 0.1) is 18.7 Å². The molecule has 6 heteroatoms. The second kappa shape index (κ2) is 9.33. The lowest BCUT2D eigenvalue weighted by molar-refractivity contribution is -0.118. The van der Waals surface area contributed by atoms with Gasteiger partial charge in [0.15, 0.2) is 0 Å². The van der Waals surface area contributed by atoms with Gasteiger partial charge in [-0.25, -0.2) is 4.39 Å². The molecule has 142 valence electrons. The van der Waals surface area contributed by atoms with Crippen molar-refractivity contribution >= 4 is 29.1 Å². The summed E-state index contributed by atoms with van der Waals surface area (Å²) in [6.07, 6.45) is 0.469. The number of anilines is 1. The first-order chi connectivity index (χ1) is 12.8. The van der Waals surface area contributed by atoms with Gasteiger partial charge in [-0.15, -0.1) is 0 Å². The Morgan fingerprint density at radius 1 is 1.19 bits per heavy atom. The van der Waals surface area contributed by atoms with Gasteiger partial charge in [-0.05, 0) is 68.3 Å². The van der Waals surface area contributed by atoms with E-state index >= 15 is 0 Å². The van der Waals surface area contributed by atoms with Crippen molar-refractivity contribution in [1.29, 1.82) is 0 Å². The van der Waals surface area contributed by atoms with Gasteiger partial charge >= 0.3 is 0 Å². The zero-order valence-corrected chi connectivity index (χ0v) is 16.1. The lowest BCUT2D eigenvalue weighted by atomic mass is 9.98. The van der Waals surface area contributed by atoms with E-state index in [-0.39, 0.29) is 17.6 Å². The van der Waals surface area contributed by atoms with Crippen LogP contribution in [0.3, 0.4) is 0 Å². The predicted octanol–water partition coefficient (Wildman–Crippen LogP) is 4.74. The average Bonchev–Trinajstić information content (AvgIpc) is 2.64. The Labute approximate surface area is 163 Å². The molecule has 2 aromatic carbocycles. The van der Waals surface area contributed by atoms with Crippen LogP contribution in [0.2, 0.25) is 5.02 Å². The summed E-state index contributed by atoms with van der Waals surface area (Å²) < 4.78 is 12.9. The van der Waals surface area contributed by atoms with Crippen molar-refractivity contribution in [2.24, 2.45) is 5.92 Å². The Bertz CT molecular complexity index is 850. The molecule has 2 amide bonds. The molecule has 4 nitrogen and oxygen atoms in total. The van der Waals surface area contributed by atoms with Gasteiger partial charge in [0.25, 0.3) is 5.91 Å². The van der Waals surface area contributed by atoms with Crippen LogP contribution in [0.4, 0.5) is 10.1 Å². The van der Waals surface area contributed by atoms with Gasteiger partial charge in [0.1, 0.15) is 5.82 Å². The number of hydrogen-bond donors (Lipinski definition) is 2. The molecule has 0 saturated carbocycles. The van der Waals surface area contributed by atoms with Crippen LogP contribution in [0.15, 0.2) is 54.6 Å². The Morgan fingerprint density at radius 3 is 2.48 bits per heavy atom. The average molecular weight is 389 g/mol. The number of benzene rings is 2. The summed E-state index contributed by atoms with van der Waals surface area (Å²) >= 11 is 5.96. The number of aryl methyl sites for hydroxylation is 1. The minimum Gasteiger partial charge on any atom is -0.352 e. The van der Waals surface area contributed by atoms with Gasteiger partial charge in [0.05, 0.1) is 5.92 Å². The summed E-state index contributed by atoms with van der Waals surface area (Å²) in [4.78, 5) is 24.4. The fraction of sp³-hybridized carbons (Fsp3) is 0.238. The summed E-state index contributed by atoms with van der Waals surface area (Å²) in [6.45, 7) is 7.88. The van der Waals surface area contributed by atoms with E-state index in [1.165, 1.54) is 24.3 Å². The third kappa shape index (κ3) is 5.93. The first-order valence-corrected chi connectivity index (χ1v) is 8.94. The normalized spacial score (nSPS) is 11.6. The van der Waals surface area contributed by atoms with E-state index in [1.54, 1.807) is 25.1 Å². The minimum atomic E-state index is -0.440. The Hall–Kier alpha value is -2.66. The van der Waals surface area contributed by atoms with Gasteiger partial charge in [-0.2, -0.15) is 0 Å². The third-order valence-electron chi connectivity index (χ3n) is 4.27. The fourth-order valence-electron chi connectivity index (χ4n) is 2.41. The van der Waals surface area contributed by atoms with Crippen LogP contribution in [0.25, 0.3) is 0 Å². The first-order valence-electron chi connectivity index (χ1n) is 8.56. The van der Waals surface area contributed by atoms with Gasteiger partial charge in [0.2, 0.25) is 5.91 Å². The van der Waals surface area contributed by atoms with Crippen LogP contribution < -0.4 is 10.6 Å². The van der Waals surface area contributed by atoms with Gasteiger partial charge in [0, 0.05) is 22.8 Å². The summed E-state index contributed by atoms with van der Waals surface area (Å²) in [5.41, 5.74) is 2.58. The summed E-state index contributed by atoms with van der Waals surface area (Å²) in [5, 5.41) is 6.14. The zero-order valence-electron chi connectivity index (χ0n) is 15.3. The second-order valence-corrected chi connectivity index (χ2v) is 6.75. The van der Waals surface area contributed by atoms with E-state index in [2.05, 4.69) is 17.2 Å². The highest BCUT2D eigenvalue weighted by Gasteiger charge is 2.17. The van der Waals surface area contributed by atoms with Crippen LogP contribution in [0.1, 0.15) is 29.3 Å². The van der Waals surface area contributed by atoms with Crippen LogP contribution in [-0.2, 0) is 4.79 Å². The van der Waals surface area contributed by atoms with Gasteiger partial charge in [-0.3, -0.25) is 9.59 Å². The number of nitrogens with one attached hydrogen (secondary N) is 2. The molecule has 0 aromatic heterocycles. The number of rotatable bonds is 7. The molecule has 2 N–H and O–H groups in total. The Kier molecular flexibility index (Phi) is 7.13. The summed E-state index contributed by atoms with van der Waals surface area (Å²) in [7, 11) is 0. The number of carbonyl (C=O) groups is 2. The number of carbonyl (C=O) groups excluding carboxylic acids is 2. The largest absolute Gasteiger partial charge is 0.352 e. The standard InChI is InChI=1S/C21H22ClFN2O2/c1-13(15(3)20(26)25-18-7-5-17(23)6-8-18)10-11-24-21(27)16-4-9-19(22)14(2)12-16/h4-9,12,15H,1,10-11H2,2-3H3,(H,24,27)(H,25,26)/t15-/m1/s1. The first kappa shape index (κ1) is 20.6. The molecule has 0 radical (unpaired) electrons. The van der Waals surface area contributed by atoms with Gasteiger partial charge < -0.3 is 10.6 Å². The highest BCUT2D eigenvalue weighted by atomic mass is 35.5. The Balaban J connectivity index is 1.81. The van der Waals surface area contributed by atoms with E-state index in [0.29, 0.717) is 34.8 Å². The third-order valence-corrected chi connectivity index (χ3v) is 4.69. The maximum atomic E-state index is 12.9. The quantitative estimate of drug-likeness (QED) is 0.673. The Morgan fingerprint density at radius 2 is 1.85 bits per heavy atom. The van der Waals surface area contributed by atoms with Crippen molar-refractivity contribution in [2.45, 2.75) is 20.3 Å². The van der Waals surface area contributed by atoms with Crippen molar-refractivity contribution in [3.05, 3.63) is 76.6 Å². The second-order valence-electron chi connectivity index (χ2n) is 6.35. The van der Waals surface area contributed by atoms with Crippen LogP contribution >= 0.6 is 11.6 Å². The highest BCUT2D eigenvalue weighted by Crippen LogP contribution is 2.17. The highest BCUT2D eigenvalue weighted by molar-refractivity contribution is 6.31. The molecule has 27 heavy (non-hydrogen) atoms. The molecule has 0 aliphatic rings. The zero-order chi connectivity index (χ0) is 20.0. The summed E-state index contributed by atoms with van der Waals surface area (Å²) in [5.74, 6) is -1.24. The SMILES string of the molecule is C=C(CCNC(=O)c1ccc(Cl)c(C)c1)[C@@H](C)C(=O)Nc1ccc(F)cc1. The maximum absolute atomic E-state index is 12.9. The molecule has 0 fully saturated rings. The molecule has 0 aliphatic carbocycles. The fourth-order valence-corrected chi connectivity index (χ4v) is 2.53. The summed E-state index contributed by atoms with van der Waals surface area (Å²) in [6, 6.07) is 10.6. The molecule has 0 aliphatic heterocycles. The van der Waals surface area contributed by atoms with Crippen molar-refractivity contribution in [2.75, 3.05) is 11.9 Å². The lowest BCUT2D eigenvalue weighted by Crippen LogP contribution is -2.27. The van der Waals surface area contributed by atoms with E-state index in [4.69, 9.17) is 11.6 Å². The molecular formula is C21H22ClFN2O2. The van der Waals surface area contributed by atoms with Gasteiger partial charge in [-0.1, -0.05) is 23.8 Å². The van der Waals surface area contributed by atoms with Crippen molar-refractivity contribution in [3.63, 3.8) is 0 Å². The molecule has 0 spiro atoms. The maximum Gasteiger partial charge on any atom is 0.251 e. The molecule has 2 rings (SSSR count). The van der Waals surface area contributed by atoms with Crippen molar-refractivity contribution in [1.82, 2.24) is 5.32 Å². The topological polar surface area (TPSA) is 58.2 Å². The minimum absolute atomic E-state index is 0.203. The van der Waals surface area contributed by atoms with E-state index in [9.17, 15) is 14.0 Å². The molecule has 0 unspecified atom stereocenters.